The van der Waals surface area contributed by atoms with Gasteiger partial charge in [-0.1, -0.05) is 36.4 Å². The van der Waals surface area contributed by atoms with Gasteiger partial charge in [0.05, 0.1) is 12.3 Å². The molecule has 1 aromatic heterocycles. The average Bonchev–Trinajstić information content (AvgIpc) is 2.76. The van der Waals surface area contributed by atoms with Crippen LogP contribution < -0.4 is 15.4 Å². The van der Waals surface area contributed by atoms with Gasteiger partial charge in [0.2, 0.25) is 0 Å². The van der Waals surface area contributed by atoms with E-state index >= 15 is 0 Å². The second-order valence-electron chi connectivity index (χ2n) is 6.02. The Bertz CT molecular complexity index is 977. The van der Waals surface area contributed by atoms with Gasteiger partial charge in [-0.25, -0.2) is 4.98 Å². The number of anilines is 1. The molecule has 7 heteroatoms. The molecular weight excluding hydrogens is 370 g/mol. The fraction of sp³-hybridized carbons (Fsp3) is 0.136. The number of rotatable bonds is 8. The summed E-state index contributed by atoms with van der Waals surface area (Å²) in [6.45, 7) is 0.752. The number of hydrogen-bond acceptors (Lipinski definition) is 5. The van der Waals surface area contributed by atoms with Crippen LogP contribution in [0.3, 0.4) is 0 Å². The highest BCUT2D eigenvalue weighted by Gasteiger charge is 2.14. The quantitative estimate of drug-likeness (QED) is 0.574. The molecule has 0 aliphatic heterocycles. The molecule has 0 aliphatic rings. The Morgan fingerprint density at radius 1 is 0.862 bits per heavy atom. The van der Waals surface area contributed by atoms with Crippen molar-refractivity contribution in [3.8, 4) is 11.5 Å². The normalized spacial score (nSPS) is 10.2. The average molecular weight is 391 g/mol. The van der Waals surface area contributed by atoms with E-state index in [1.807, 2.05) is 36.4 Å². The van der Waals surface area contributed by atoms with E-state index in [0.717, 1.165) is 0 Å². The molecule has 3 aromatic rings. The minimum absolute atomic E-state index is 0.124. The molecule has 0 radical (unpaired) electrons. The monoisotopic (exact) mass is 391 g/mol. The minimum Gasteiger partial charge on any atom is -0.455 e. The lowest BCUT2D eigenvalue weighted by Gasteiger charge is -2.12. The smallest absolute Gasteiger partial charge is 0.274 e. The summed E-state index contributed by atoms with van der Waals surface area (Å²) >= 11 is 0. The zero-order valence-electron chi connectivity index (χ0n) is 15.9. The molecule has 1 heterocycles. The maximum atomic E-state index is 12.7. The number of nitrogens with zero attached hydrogens (tertiary/aromatic N) is 1. The fourth-order valence-electron chi connectivity index (χ4n) is 2.51. The van der Waals surface area contributed by atoms with Crippen LogP contribution in [0.4, 0.5) is 5.69 Å². The third kappa shape index (κ3) is 5.63. The predicted molar refractivity (Wildman–Crippen MR) is 109 cm³/mol. The SMILES string of the molecule is COCCNC(=O)c1cccc(C(=O)Nc2ccccc2Oc2ccccc2)n1. The number of nitrogens with one attached hydrogen (secondary N) is 2. The van der Waals surface area contributed by atoms with Crippen LogP contribution in [0.1, 0.15) is 21.0 Å². The van der Waals surface area contributed by atoms with E-state index in [9.17, 15) is 9.59 Å². The Morgan fingerprint density at radius 2 is 1.55 bits per heavy atom. The second-order valence-corrected chi connectivity index (χ2v) is 6.02. The lowest BCUT2D eigenvalue weighted by molar-refractivity contribution is 0.0932. The summed E-state index contributed by atoms with van der Waals surface area (Å²) in [4.78, 5) is 29.0. The van der Waals surface area contributed by atoms with Crippen molar-refractivity contribution in [1.82, 2.24) is 10.3 Å². The van der Waals surface area contributed by atoms with E-state index in [-0.39, 0.29) is 17.3 Å². The largest absolute Gasteiger partial charge is 0.455 e. The van der Waals surface area contributed by atoms with Crippen LogP contribution >= 0.6 is 0 Å². The highest BCUT2D eigenvalue weighted by molar-refractivity contribution is 6.04. The molecule has 2 aromatic carbocycles. The number of benzene rings is 2. The molecule has 2 N–H and O–H groups in total. The van der Waals surface area contributed by atoms with Gasteiger partial charge in [-0.05, 0) is 36.4 Å². The predicted octanol–water partition coefficient (Wildman–Crippen LogP) is 3.50. The number of para-hydroxylation sites is 3. The highest BCUT2D eigenvalue weighted by Crippen LogP contribution is 2.29. The van der Waals surface area contributed by atoms with Crippen molar-refractivity contribution in [2.45, 2.75) is 0 Å². The van der Waals surface area contributed by atoms with Gasteiger partial charge in [0.15, 0.2) is 5.75 Å². The van der Waals surface area contributed by atoms with E-state index < -0.39 is 5.91 Å². The lowest BCUT2D eigenvalue weighted by atomic mass is 10.2. The summed E-state index contributed by atoms with van der Waals surface area (Å²) in [6.07, 6.45) is 0. The topological polar surface area (TPSA) is 89.5 Å². The van der Waals surface area contributed by atoms with Crippen molar-refractivity contribution in [2.24, 2.45) is 0 Å². The summed E-state index contributed by atoms with van der Waals surface area (Å²) in [5.41, 5.74) is 0.777. The third-order valence-electron chi connectivity index (χ3n) is 3.91. The van der Waals surface area contributed by atoms with Gasteiger partial charge >= 0.3 is 0 Å². The highest BCUT2D eigenvalue weighted by atomic mass is 16.5. The van der Waals surface area contributed by atoms with Crippen LogP contribution in [0, 0.1) is 0 Å². The first-order valence-corrected chi connectivity index (χ1v) is 9.05. The van der Waals surface area contributed by atoms with Gasteiger partial charge in [0.25, 0.3) is 11.8 Å². The van der Waals surface area contributed by atoms with E-state index in [4.69, 9.17) is 9.47 Å². The van der Waals surface area contributed by atoms with E-state index in [2.05, 4.69) is 15.6 Å². The number of pyridine rings is 1. The fourth-order valence-corrected chi connectivity index (χ4v) is 2.51. The molecule has 0 fully saturated rings. The molecule has 2 amide bonds. The number of ether oxygens (including phenoxy) is 2. The second kappa shape index (κ2) is 10.0. The van der Waals surface area contributed by atoms with Gasteiger partial charge < -0.3 is 20.1 Å². The van der Waals surface area contributed by atoms with Crippen molar-refractivity contribution in [3.05, 3.63) is 84.2 Å². The Kier molecular flexibility index (Phi) is 6.91. The summed E-state index contributed by atoms with van der Waals surface area (Å²) in [6, 6.07) is 21.1. The Balaban J connectivity index is 1.72. The van der Waals surface area contributed by atoms with Gasteiger partial charge in [-0.15, -0.1) is 0 Å². The summed E-state index contributed by atoms with van der Waals surface area (Å²) < 4.78 is 10.8. The Labute approximate surface area is 168 Å². The van der Waals surface area contributed by atoms with Crippen molar-refractivity contribution in [1.29, 1.82) is 0 Å². The molecule has 0 atom stereocenters. The molecule has 0 saturated carbocycles. The molecule has 0 spiro atoms. The first-order valence-electron chi connectivity index (χ1n) is 9.05. The van der Waals surface area contributed by atoms with Crippen molar-refractivity contribution < 1.29 is 19.1 Å². The van der Waals surface area contributed by atoms with Crippen LogP contribution in [-0.4, -0.2) is 37.1 Å². The van der Waals surface area contributed by atoms with Crippen LogP contribution in [0.5, 0.6) is 11.5 Å². The van der Waals surface area contributed by atoms with Crippen molar-refractivity contribution in [2.75, 3.05) is 25.6 Å². The number of carbonyl (C=O) groups is 2. The standard InChI is InChI=1S/C22H21N3O4/c1-28-15-14-23-21(26)18-11-7-12-19(24-18)22(27)25-17-10-5-6-13-20(17)29-16-8-3-2-4-9-16/h2-13H,14-15H2,1H3,(H,23,26)(H,25,27). The summed E-state index contributed by atoms with van der Waals surface area (Å²) in [5, 5.41) is 5.46. The number of hydrogen-bond donors (Lipinski definition) is 2. The van der Waals surface area contributed by atoms with Gasteiger partial charge in [0, 0.05) is 13.7 Å². The zero-order chi connectivity index (χ0) is 20.5. The summed E-state index contributed by atoms with van der Waals surface area (Å²) in [5.74, 6) is 0.340. The number of carbonyl (C=O) groups excluding carboxylic acids is 2. The first-order chi connectivity index (χ1) is 14.2. The molecule has 0 unspecified atom stereocenters. The lowest BCUT2D eigenvalue weighted by Crippen LogP contribution is -2.28. The molecule has 148 valence electrons. The van der Waals surface area contributed by atoms with Gasteiger partial charge in [-0.2, -0.15) is 0 Å². The molecule has 0 saturated heterocycles. The number of aromatic nitrogens is 1. The van der Waals surface area contributed by atoms with Gasteiger partial charge in [0.1, 0.15) is 17.1 Å². The first kappa shape index (κ1) is 20.0. The van der Waals surface area contributed by atoms with Gasteiger partial charge in [-0.3, -0.25) is 9.59 Å². The number of amides is 2. The summed E-state index contributed by atoms with van der Waals surface area (Å²) in [7, 11) is 1.55. The molecule has 0 aliphatic carbocycles. The number of methoxy groups -OCH3 is 1. The van der Waals surface area contributed by atoms with E-state index in [0.29, 0.717) is 30.3 Å². The van der Waals surface area contributed by atoms with Crippen molar-refractivity contribution in [3.63, 3.8) is 0 Å². The minimum atomic E-state index is -0.444. The maximum absolute atomic E-state index is 12.7. The van der Waals surface area contributed by atoms with Crippen LogP contribution in [0.15, 0.2) is 72.8 Å². The van der Waals surface area contributed by atoms with Crippen LogP contribution in [-0.2, 0) is 4.74 Å². The van der Waals surface area contributed by atoms with E-state index in [1.165, 1.54) is 0 Å². The Hall–Kier alpha value is -3.71. The molecule has 29 heavy (non-hydrogen) atoms. The van der Waals surface area contributed by atoms with Crippen LogP contribution in [0.2, 0.25) is 0 Å². The Morgan fingerprint density at radius 3 is 2.31 bits per heavy atom. The maximum Gasteiger partial charge on any atom is 0.274 e. The molecule has 0 bridgehead atoms. The van der Waals surface area contributed by atoms with E-state index in [1.54, 1.807) is 43.5 Å². The van der Waals surface area contributed by atoms with Crippen molar-refractivity contribution >= 4 is 17.5 Å². The molecule has 7 nitrogen and oxygen atoms in total. The zero-order valence-corrected chi connectivity index (χ0v) is 15.9. The molecule has 3 rings (SSSR count). The molecular formula is C22H21N3O4. The van der Waals surface area contributed by atoms with Crippen LogP contribution in [0.25, 0.3) is 0 Å². The third-order valence-corrected chi connectivity index (χ3v) is 3.91.